The molecule has 3 N–H and O–H groups in total. The summed E-state index contributed by atoms with van der Waals surface area (Å²) in [5.74, 6) is -0.0279. The van der Waals surface area contributed by atoms with Crippen LogP contribution in [0, 0.1) is 12.8 Å². The first-order valence-electron chi connectivity index (χ1n) is 14.1. The smallest absolute Gasteiger partial charge is 0.288 e. The molecule has 0 radical (unpaired) electrons. The average Bonchev–Trinajstić information content (AvgIpc) is 3.49. The molecule has 0 saturated heterocycles. The number of hydrogen-bond donors (Lipinski definition) is 3. The number of benzene rings is 1. The summed E-state index contributed by atoms with van der Waals surface area (Å²) >= 11 is 0. The predicted molar refractivity (Wildman–Crippen MR) is 165 cm³/mol. The Hall–Kier alpha value is -3.74. The van der Waals surface area contributed by atoms with E-state index in [4.69, 9.17) is 13.9 Å². The monoisotopic (exact) mass is 609 g/mol. The Kier molecular flexibility index (Phi) is 25.0. The molecule has 2 atom stereocenters. The van der Waals surface area contributed by atoms with E-state index in [2.05, 4.69) is 27.0 Å². The number of amides is 3. The molecule has 0 saturated carbocycles. The van der Waals surface area contributed by atoms with Crippen LogP contribution in [0.2, 0.25) is 0 Å². The molecular formula is C31H51N3O9. The molecule has 3 amide bonds. The van der Waals surface area contributed by atoms with E-state index in [0.717, 1.165) is 36.1 Å². The number of hydrogen-bond acceptors (Lipinski definition) is 9. The van der Waals surface area contributed by atoms with Crippen molar-refractivity contribution in [1.29, 1.82) is 0 Å². The van der Waals surface area contributed by atoms with Gasteiger partial charge in [0.25, 0.3) is 5.91 Å². The third-order valence-corrected chi connectivity index (χ3v) is 5.77. The first kappa shape index (κ1) is 41.4. The van der Waals surface area contributed by atoms with Crippen molar-refractivity contribution in [2.24, 2.45) is 5.92 Å². The highest BCUT2D eigenvalue weighted by molar-refractivity contribution is 5.92. The Morgan fingerprint density at radius 1 is 1.02 bits per heavy atom. The van der Waals surface area contributed by atoms with Gasteiger partial charge in [0.1, 0.15) is 18.3 Å². The Morgan fingerprint density at radius 3 is 2.19 bits per heavy atom. The van der Waals surface area contributed by atoms with Crippen molar-refractivity contribution in [2.45, 2.75) is 65.8 Å². The zero-order valence-electron chi connectivity index (χ0n) is 26.9. The van der Waals surface area contributed by atoms with Crippen molar-refractivity contribution < 1.29 is 43.0 Å². The molecule has 1 heterocycles. The molecule has 0 aliphatic carbocycles. The number of rotatable bonds is 15. The van der Waals surface area contributed by atoms with Gasteiger partial charge in [-0.15, -0.1) is 0 Å². The quantitative estimate of drug-likeness (QED) is 0.0862. The fourth-order valence-electron chi connectivity index (χ4n) is 4.03. The van der Waals surface area contributed by atoms with Crippen molar-refractivity contribution in [3.05, 3.63) is 41.7 Å². The van der Waals surface area contributed by atoms with Gasteiger partial charge in [0.05, 0.1) is 25.2 Å². The average molecular weight is 610 g/mol. The van der Waals surface area contributed by atoms with Crippen LogP contribution in [0.3, 0.4) is 0 Å². The number of ether oxygens (including phenoxy) is 3. The van der Waals surface area contributed by atoms with Gasteiger partial charge in [-0.1, -0.05) is 33.1 Å². The van der Waals surface area contributed by atoms with Gasteiger partial charge in [-0.25, -0.2) is 5.06 Å². The van der Waals surface area contributed by atoms with E-state index in [1.807, 2.05) is 38.8 Å². The summed E-state index contributed by atoms with van der Waals surface area (Å²) < 4.78 is 19.8. The number of nitrogens with one attached hydrogen (secondary N) is 2. The summed E-state index contributed by atoms with van der Waals surface area (Å²) in [5.41, 5.74) is 1.80. The van der Waals surface area contributed by atoms with Crippen LogP contribution in [0.5, 0.6) is 5.75 Å². The van der Waals surface area contributed by atoms with Gasteiger partial charge in [0.15, 0.2) is 5.76 Å². The van der Waals surface area contributed by atoms with Gasteiger partial charge in [0, 0.05) is 34.0 Å². The van der Waals surface area contributed by atoms with Gasteiger partial charge >= 0.3 is 0 Å². The van der Waals surface area contributed by atoms with Gasteiger partial charge in [0.2, 0.25) is 12.3 Å². The maximum Gasteiger partial charge on any atom is 0.288 e. The third-order valence-electron chi connectivity index (χ3n) is 5.77. The first-order valence-corrected chi connectivity index (χ1v) is 14.1. The van der Waals surface area contributed by atoms with Crippen molar-refractivity contribution in [1.82, 2.24) is 15.7 Å². The number of aryl methyl sites for hydroxylation is 1. The lowest BCUT2D eigenvalue weighted by Gasteiger charge is -2.29. The van der Waals surface area contributed by atoms with Crippen molar-refractivity contribution in [3.63, 3.8) is 0 Å². The molecule has 1 aromatic carbocycles. The van der Waals surface area contributed by atoms with Crippen LogP contribution in [0.1, 0.15) is 69.0 Å². The molecule has 2 unspecified atom stereocenters. The second-order valence-corrected chi connectivity index (χ2v) is 9.24. The summed E-state index contributed by atoms with van der Waals surface area (Å²) in [6.07, 6.45) is 3.98. The van der Waals surface area contributed by atoms with E-state index in [1.54, 1.807) is 47.5 Å². The standard InChI is InChI=1S/C26H37N3O6.2C2H6O.CH2O/c1-5-8-9-10-21(22(6-2)29(33)17-30)25(31)27-16-28-26(32)24-12-11-23(35-24)19-13-18(4)14-20(15-19)34-7-3;2*1-3-2;1-2/h11-15,17,21-22,33H,5-10,16H2,1-4H3,(H,27,31)(H,28,32);2*1-2H3;1H2. The molecule has 43 heavy (non-hydrogen) atoms. The first-order chi connectivity index (χ1) is 20.7. The van der Waals surface area contributed by atoms with Crippen molar-refractivity contribution >= 4 is 25.0 Å². The number of hydroxylamine groups is 2. The molecule has 244 valence electrons. The maximum atomic E-state index is 12.8. The zero-order chi connectivity index (χ0) is 33.2. The van der Waals surface area contributed by atoms with E-state index in [9.17, 15) is 19.6 Å². The minimum atomic E-state index is -0.636. The minimum absolute atomic E-state index is 0.111. The highest BCUT2D eigenvalue weighted by Gasteiger charge is 2.30. The maximum absolute atomic E-state index is 12.8. The van der Waals surface area contributed by atoms with E-state index in [1.165, 1.54) is 0 Å². The third kappa shape index (κ3) is 16.5. The van der Waals surface area contributed by atoms with Crippen molar-refractivity contribution in [3.8, 4) is 17.1 Å². The van der Waals surface area contributed by atoms with Crippen LogP contribution < -0.4 is 15.4 Å². The van der Waals surface area contributed by atoms with E-state index in [-0.39, 0.29) is 18.3 Å². The van der Waals surface area contributed by atoms with Gasteiger partial charge in [-0.05, 0) is 62.6 Å². The highest BCUT2D eigenvalue weighted by atomic mass is 16.5. The number of carbonyl (C=O) groups excluding carboxylic acids is 4. The van der Waals surface area contributed by atoms with Crippen LogP contribution >= 0.6 is 0 Å². The summed E-state index contributed by atoms with van der Waals surface area (Å²) in [7, 11) is 6.50. The van der Waals surface area contributed by atoms with E-state index in [0.29, 0.717) is 36.7 Å². The molecule has 1 aromatic heterocycles. The lowest BCUT2D eigenvalue weighted by Crippen LogP contribution is -2.47. The van der Waals surface area contributed by atoms with Gasteiger partial charge in [-0.2, -0.15) is 0 Å². The second-order valence-electron chi connectivity index (χ2n) is 9.24. The van der Waals surface area contributed by atoms with Crippen LogP contribution in [-0.4, -0.2) is 83.0 Å². The lowest BCUT2D eigenvalue weighted by molar-refractivity contribution is -0.168. The summed E-state index contributed by atoms with van der Waals surface area (Å²) in [5, 5.41) is 15.8. The number of furan rings is 1. The van der Waals surface area contributed by atoms with Crippen LogP contribution in [0.15, 0.2) is 34.7 Å². The van der Waals surface area contributed by atoms with Crippen LogP contribution in [0.25, 0.3) is 11.3 Å². The van der Waals surface area contributed by atoms with Crippen LogP contribution in [-0.2, 0) is 23.9 Å². The van der Waals surface area contributed by atoms with Crippen molar-refractivity contribution in [2.75, 3.05) is 41.7 Å². The zero-order valence-corrected chi connectivity index (χ0v) is 26.9. The molecule has 0 bridgehead atoms. The lowest BCUT2D eigenvalue weighted by atomic mass is 9.90. The summed E-state index contributed by atoms with van der Waals surface area (Å²) in [4.78, 5) is 44.5. The molecule has 0 fully saturated rings. The van der Waals surface area contributed by atoms with E-state index < -0.39 is 17.9 Å². The molecule has 0 aliphatic heterocycles. The Labute approximate surface area is 256 Å². The molecule has 0 aliphatic rings. The van der Waals surface area contributed by atoms with Gasteiger partial charge < -0.3 is 34.1 Å². The molecule has 0 spiro atoms. The Balaban J connectivity index is 0. The number of unbranched alkanes of at least 4 members (excludes halogenated alkanes) is 2. The number of carbonyl (C=O) groups is 4. The molecule has 12 nitrogen and oxygen atoms in total. The number of nitrogens with zero attached hydrogens (tertiary/aromatic N) is 1. The molecule has 2 aromatic rings. The largest absolute Gasteiger partial charge is 0.494 e. The predicted octanol–water partition coefficient (Wildman–Crippen LogP) is 4.62. The SMILES string of the molecule is C=O.CCCCCC(C(=O)NCNC(=O)c1ccc(-c2cc(C)cc(OCC)c2)o1)C(CC)N(O)C=O.COC.COC. The topological polar surface area (TPSA) is 157 Å². The molecule has 2 rings (SSSR count). The molecular weight excluding hydrogens is 558 g/mol. The van der Waals surface area contributed by atoms with Gasteiger partial charge in [-0.3, -0.25) is 19.6 Å². The van der Waals surface area contributed by atoms with Crippen LogP contribution in [0.4, 0.5) is 0 Å². The van der Waals surface area contributed by atoms with E-state index >= 15 is 0 Å². The second kappa shape index (κ2) is 25.9. The number of methoxy groups -OCH3 is 2. The minimum Gasteiger partial charge on any atom is -0.494 e. The Bertz CT molecular complexity index is 1030. The Morgan fingerprint density at radius 2 is 1.65 bits per heavy atom. The fourth-order valence-corrected chi connectivity index (χ4v) is 4.03. The summed E-state index contributed by atoms with van der Waals surface area (Å²) in [6.45, 7) is 10.2. The normalized spacial score (nSPS) is 11.1. The fraction of sp³-hybridized carbons (Fsp3) is 0.548. The molecule has 12 heteroatoms. The highest BCUT2D eigenvalue weighted by Crippen LogP contribution is 2.28. The summed E-state index contributed by atoms with van der Waals surface area (Å²) in [6, 6.07) is 8.37.